The molecule has 6 heteroatoms. The van der Waals surface area contributed by atoms with Crippen molar-refractivity contribution in [2.24, 2.45) is 0 Å². The lowest BCUT2D eigenvalue weighted by Gasteiger charge is -2.09. The molecule has 2 aromatic rings. The zero-order valence-corrected chi connectivity index (χ0v) is 10.8. The van der Waals surface area contributed by atoms with Gasteiger partial charge in [-0.15, -0.1) is 0 Å². The Kier molecular flexibility index (Phi) is 3.79. The molecule has 2 heterocycles. The van der Waals surface area contributed by atoms with E-state index in [-0.39, 0.29) is 18.3 Å². The average Bonchev–Trinajstić information content (AvgIpc) is 2.81. The summed E-state index contributed by atoms with van der Waals surface area (Å²) >= 11 is 0. The molecule has 0 saturated carbocycles. The minimum absolute atomic E-state index is 0.0155. The van der Waals surface area contributed by atoms with Gasteiger partial charge in [-0.2, -0.15) is 5.10 Å². The Morgan fingerprint density at radius 3 is 2.84 bits per heavy atom. The van der Waals surface area contributed by atoms with Crippen LogP contribution in [0.1, 0.15) is 35.9 Å². The van der Waals surface area contributed by atoms with Crippen molar-refractivity contribution in [3.05, 3.63) is 42.0 Å². The zero-order chi connectivity index (χ0) is 13.8. The molecule has 0 bridgehead atoms. The van der Waals surface area contributed by atoms with Gasteiger partial charge < -0.3 is 9.84 Å². The maximum Gasteiger partial charge on any atom is 0.354 e. The van der Waals surface area contributed by atoms with Crippen molar-refractivity contribution in [3.63, 3.8) is 0 Å². The number of nitrogens with zero attached hydrogens (tertiary/aromatic N) is 3. The predicted octanol–water partition coefficient (Wildman–Crippen LogP) is 2.14. The van der Waals surface area contributed by atoms with Gasteiger partial charge in [0.05, 0.1) is 12.4 Å². The van der Waals surface area contributed by atoms with E-state index in [1.807, 2.05) is 13.8 Å². The van der Waals surface area contributed by atoms with E-state index >= 15 is 0 Å². The number of aromatic nitrogens is 3. The second kappa shape index (κ2) is 5.51. The highest BCUT2D eigenvalue weighted by atomic mass is 16.5. The fourth-order valence-corrected chi connectivity index (χ4v) is 1.72. The number of hydrogen-bond donors (Lipinski definition) is 1. The normalized spacial score (nSPS) is 10.7. The third-order valence-electron chi connectivity index (χ3n) is 2.59. The number of carboxylic acids is 1. The molecule has 0 aliphatic rings. The summed E-state index contributed by atoms with van der Waals surface area (Å²) in [6, 6.07) is 3.50. The monoisotopic (exact) mass is 261 g/mol. The molecule has 1 N–H and O–H groups in total. The van der Waals surface area contributed by atoms with Gasteiger partial charge in [0.25, 0.3) is 0 Å². The Morgan fingerprint density at radius 1 is 1.47 bits per heavy atom. The maximum absolute atomic E-state index is 11.3. The lowest BCUT2D eigenvalue weighted by atomic mass is 10.2. The number of ether oxygens (including phenoxy) is 1. The molecule has 0 radical (unpaired) electrons. The standard InChI is InChI=1S/C13H15N3O3/c1-9(2)16-12(13(17)18)10(6-15-16)8-19-11-4-3-5-14-7-11/h3-7,9H,8H2,1-2H3,(H,17,18). The number of hydrogen-bond acceptors (Lipinski definition) is 4. The molecule has 0 atom stereocenters. The van der Waals surface area contributed by atoms with Gasteiger partial charge in [-0.1, -0.05) is 0 Å². The van der Waals surface area contributed by atoms with Crippen molar-refractivity contribution in [2.45, 2.75) is 26.5 Å². The van der Waals surface area contributed by atoms with Gasteiger partial charge in [0.2, 0.25) is 0 Å². The summed E-state index contributed by atoms with van der Waals surface area (Å²) in [5, 5.41) is 13.3. The molecule has 0 fully saturated rings. The molecule has 100 valence electrons. The van der Waals surface area contributed by atoms with Crippen LogP contribution in [-0.2, 0) is 6.61 Å². The van der Waals surface area contributed by atoms with Crippen molar-refractivity contribution < 1.29 is 14.6 Å². The molecule has 2 rings (SSSR count). The van der Waals surface area contributed by atoms with E-state index < -0.39 is 5.97 Å². The van der Waals surface area contributed by atoms with Gasteiger partial charge >= 0.3 is 5.97 Å². The van der Waals surface area contributed by atoms with Gasteiger partial charge in [0.15, 0.2) is 5.69 Å². The molecule has 0 aromatic carbocycles. The third kappa shape index (κ3) is 2.90. The minimum Gasteiger partial charge on any atom is -0.487 e. The highest BCUT2D eigenvalue weighted by Gasteiger charge is 2.19. The third-order valence-corrected chi connectivity index (χ3v) is 2.59. The first-order valence-corrected chi connectivity index (χ1v) is 5.92. The zero-order valence-electron chi connectivity index (χ0n) is 10.8. The highest BCUT2D eigenvalue weighted by Crippen LogP contribution is 2.17. The molecule has 19 heavy (non-hydrogen) atoms. The van der Waals surface area contributed by atoms with E-state index in [0.29, 0.717) is 11.3 Å². The molecule has 0 saturated heterocycles. The predicted molar refractivity (Wildman–Crippen MR) is 68.1 cm³/mol. The number of rotatable bonds is 5. The first kappa shape index (κ1) is 13.1. The second-order valence-corrected chi connectivity index (χ2v) is 4.34. The molecule has 2 aromatic heterocycles. The van der Waals surface area contributed by atoms with Crippen LogP contribution in [0.3, 0.4) is 0 Å². The molecular weight excluding hydrogens is 246 g/mol. The number of carbonyl (C=O) groups is 1. The molecule has 0 spiro atoms. The quantitative estimate of drug-likeness (QED) is 0.892. The van der Waals surface area contributed by atoms with Crippen molar-refractivity contribution in [2.75, 3.05) is 0 Å². The SMILES string of the molecule is CC(C)n1ncc(COc2cccnc2)c1C(=O)O. The molecule has 0 unspecified atom stereocenters. The van der Waals surface area contributed by atoms with Gasteiger partial charge in [0.1, 0.15) is 12.4 Å². The smallest absolute Gasteiger partial charge is 0.354 e. The fourth-order valence-electron chi connectivity index (χ4n) is 1.72. The topological polar surface area (TPSA) is 77.2 Å². The molecule has 0 aliphatic heterocycles. The van der Waals surface area contributed by atoms with Crippen LogP contribution in [0.5, 0.6) is 5.75 Å². The van der Waals surface area contributed by atoms with Crippen LogP contribution in [0.2, 0.25) is 0 Å². The Bertz CT molecular complexity index is 564. The van der Waals surface area contributed by atoms with Crippen LogP contribution in [0.15, 0.2) is 30.7 Å². The number of carboxylic acid groups (broad SMARTS) is 1. The number of pyridine rings is 1. The van der Waals surface area contributed by atoms with E-state index in [1.165, 1.54) is 10.9 Å². The van der Waals surface area contributed by atoms with Gasteiger partial charge in [-0.3, -0.25) is 9.67 Å². The lowest BCUT2D eigenvalue weighted by molar-refractivity contribution is 0.0678. The Labute approximate surface area is 110 Å². The fraction of sp³-hybridized carbons (Fsp3) is 0.308. The van der Waals surface area contributed by atoms with Crippen molar-refractivity contribution in [1.29, 1.82) is 0 Å². The summed E-state index contributed by atoms with van der Waals surface area (Å²) in [4.78, 5) is 15.2. The van der Waals surface area contributed by atoms with E-state index in [1.54, 1.807) is 24.5 Å². The van der Waals surface area contributed by atoms with Crippen LogP contribution in [0.4, 0.5) is 0 Å². The first-order chi connectivity index (χ1) is 9.09. The van der Waals surface area contributed by atoms with Crippen molar-refractivity contribution in [1.82, 2.24) is 14.8 Å². The van der Waals surface area contributed by atoms with Crippen LogP contribution in [-0.4, -0.2) is 25.8 Å². The Hall–Kier alpha value is -2.37. The Morgan fingerprint density at radius 2 is 2.26 bits per heavy atom. The number of aromatic carboxylic acids is 1. The largest absolute Gasteiger partial charge is 0.487 e. The van der Waals surface area contributed by atoms with Gasteiger partial charge in [-0.05, 0) is 26.0 Å². The molecule has 6 nitrogen and oxygen atoms in total. The van der Waals surface area contributed by atoms with Crippen LogP contribution < -0.4 is 4.74 Å². The van der Waals surface area contributed by atoms with Crippen LogP contribution in [0.25, 0.3) is 0 Å². The maximum atomic E-state index is 11.3. The van der Waals surface area contributed by atoms with E-state index in [0.717, 1.165) is 0 Å². The molecular formula is C13H15N3O3. The minimum atomic E-state index is -1.00. The van der Waals surface area contributed by atoms with Gasteiger partial charge in [-0.25, -0.2) is 4.79 Å². The summed E-state index contributed by atoms with van der Waals surface area (Å²) in [7, 11) is 0. The summed E-state index contributed by atoms with van der Waals surface area (Å²) in [6.45, 7) is 3.91. The van der Waals surface area contributed by atoms with Gasteiger partial charge in [0, 0.05) is 17.8 Å². The lowest BCUT2D eigenvalue weighted by Crippen LogP contribution is -2.14. The summed E-state index contributed by atoms with van der Waals surface area (Å²) in [5.41, 5.74) is 0.712. The molecule has 0 amide bonds. The van der Waals surface area contributed by atoms with Crippen LogP contribution >= 0.6 is 0 Å². The van der Waals surface area contributed by atoms with Crippen molar-refractivity contribution in [3.8, 4) is 5.75 Å². The van der Waals surface area contributed by atoms with E-state index in [2.05, 4.69) is 10.1 Å². The van der Waals surface area contributed by atoms with E-state index in [9.17, 15) is 9.90 Å². The van der Waals surface area contributed by atoms with Crippen molar-refractivity contribution >= 4 is 5.97 Å². The molecule has 0 aliphatic carbocycles. The van der Waals surface area contributed by atoms with E-state index in [4.69, 9.17) is 4.74 Å². The first-order valence-electron chi connectivity index (χ1n) is 5.92. The summed E-state index contributed by atoms with van der Waals surface area (Å²) in [6.07, 6.45) is 4.75. The Balaban J connectivity index is 2.19. The average molecular weight is 261 g/mol. The summed E-state index contributed by atoms with van der Waals surface area (Å²) in [5.74, 6) is -0.410. The van der Waals surface area contributed by atoms with Crippen LogP contribution in [0, 0.1) is 0 Å². The highest BCUT2D eigenvalue weighted by molar-refractivity contribution is 5.87. The second-order valence-electron chi connectivity index (χ2n) is 4.34. The summed E-state index contributed by atoms with van der Waals surface area (Å²) < 4.78 is 6.97.